The molecule has 2 heterocycles. The first-order valence-corrected chi connectivity index (χ1v) is 8.19. The van der Waals surface area contributed by atoms with Gasteiger partial charge >= 0.3 is 0 Å². The van der Waals surface area contributed by atoms with E-state index < -0.39 is 0 Å². The minimum absolute atomic E-state index is 0.271. The van der Waals surface area contributed by atoms with Crippen LogP contribution in [0.1, 0.15) is 48.4 Å². The van der Waals surface area contributed by atoms with Crippen LogP contribution in [0.2, 0.25) is 0 Å². The SMILES string of the molecule is CCc1c(C(=O)Nc2cc(C(C)C)[nH]n2)cnn1-c1ccc(F)cc1. The smallest absolute Gasteiger partial charge is 0.260 e. The predicted molar refractivity (Wildman–Crippen MR) is 93.5 cm³/mol. The third-order valence-corrected chi connectivity index (χ3v) is 3.98. The first-order valence-electron chi connectivity index (χ1n) is 8.19. The van der Waals surface area contributed by atoms with E-state index in [2.05, 4.69) is 20.6 Å². The third kappa shape index (κ3) is 3.45. The zero-order valence-corrected chi connectivity index (χ0v) is 14.4. The van der Waals surface area contributed by atoms with Crippen LogP contribution in [0.25, 0.3) is 5.69 Å². The molecule has 3 rings (SSSR count). The molecule has 2 aromatic heterocycles. The molecule has 0 radical (unpaired) electrons. The van der Waals surface area contributed by atoms with E-state index in [4.69, 9.17) is 0 Å². The average molecular weight is 341 g/mol. The normalized spacial score (nSPS) is 11.1. The zero-order chi connectivity index (χ0) is 18.0. The fourth-order valence-electron chi connectivity index (χ4n) is 2.59. The second kappa shape index (κ2) is 6.88. The number of nitrogens with zero attached hydrogens (tertiary/aromatic N) is 3. The summed E-state index contributed by atoms with van der Waals surface area (Å²) in [4.78, 5) is 12.6. The number of hydrogen-bond donors (Lipinski definition) is 2. The van der Waals surface area contributed by atoms with Crippen molar-refractivity contribution in [1.29, 1.82) is 0 Å². The number of nitrogens with one attached hydrogen (secondary N) is 2. The summed E-state index contributed by atoms with van der Waals surface area (Å²) in [6, 6.07) is 7.82. The topological polar surface area (TPSA) is 75.6 Å². The van der Waals surface area contributed by atoms with Crippen molar-refractivity contribution in [2.24, 2.45) is 0 Å². The Hall–Kier alpha value is -2.96. The van der Waals surface area contributed by atoms with Crippen molar-refractivity contribution in [3.05, 3.63) is 59.3 Å². The molecule has 0 aliphatic rings. The molecule has 1 aromatic carbocycles. The van der Waals surface area contributed by atoms with Crippen LogP contribution in [-0.2, 0) is 6.42 Å². The molecule has 1 amide bonds. The molecule has 6 nitrogen and oxygen atoms in total. The highest BCUT2D eigenvalue weighted by Gasteiger charge is 2.18. The van der Waals surface area contributed by atoms with Crippen LogP contribution in [0, 0.1) is 5.82 Å². The van der Waals surface area contributed by atoms with Gasteiger partial charge in [0.25, 0.3) is 5.91 Å². The molecule has 0 spiro atoms. The van der Waals surface area contributed by atoms with E-state index in [0.717, 1.165) is 11.4 Å². The molecular formula is C18H20FN5O. The number of rotatable bonds is 5. The van der Waals surface area contributed by atoms with Gasteiger partial charge in [0.05, 0.1) is 23.1 Å². The van der Waals surface area contributed by atoms with Crippen molar-refractivity contribution in [2.75, 3.05) is 5.32 Å². The van der Waals surface area contributed by atoms with Gasteiger partial charge in [0.1, 0.15) is 5.82 Å². The number of aromatic nitrogens is 4. The van der Waals surface area contributed by atoms with Crippen molar-refractivity contribution in [2.45, 2.75) is 33.1 Å². The standard InChI is InChI=1S/C18H20FN5O/c1-4-16-14(10-20-24(16)13-7-5-12(19)6-8-13)18(25)21-17-9-15(11(2)3)22-23-17/h5-11H,4H2,1-3H3,(H2,21,22,23,25). The second-order valence-electron chi connectivity index (χ2n) is 6.06. The number of carbonyl (C=O) groups is 1. The molecule has 0 saturated carbocycles. The molecule has 0 saturated heterocycles. The molecule has 0 unspecified atom stereocenters. The Labute approximate surface area is 145 Å². The summed E-state index contributed by atoms with van der Waals surface area (Å²) in [6.07, 6.45) is 2.13. The Morgan fingerprint density at radius 1 is 1.32 bits per heavy atom. The fourth-order valence-corrected chi connectivity index (χ4v) is 2.59. The monoisotopic (exact) mass is 341 g/mol. The van der Waals surface area contributed by atoms with Crippen molar-refractivity contribution < 1.29 is 9.18 Å². The first kappa shape index (κ1) is 16.9. The van der Waals surface area contributed by atoms with Gasteiger partial charge < -0.3 is 5.32 Å². The largest absolute Gasteiger partial charge is 0.305 e. The number of carbonyl (C=O) groups excluding carboxylic acids is 1. The van der Waals surface area contributed by atoms with Gasteiger partial charge in [-0.2, -0.15) is 10.2 Å². The highest BCUT2D eigenvalue weighted by Crippen LogP contribution is 2.19. The second-order valence-corrected chi connectivity index (χ2v) is 6.06. The lowest BCUT2D eigenvalue weighted by molar-refractivity contribution is 0.102. The number of halogens is 1. The molecule has 0 aliphatic carbocycles. The lowest BCUT2D eigenvalue weighted by atomic mass is 10.1. The minimum atomic E-state index is -0.314. The molecule has 0 fully saturated rings. The first-order chi connectivity index (χ1) is 12.0. The fraction of sp³-hybridized carbons (Fsp3) is 0.278. The maximum absolute atomic E-state index is 13.1. The lowest BCUT2D eigenvalue weighted by Gasteiger charge is -2.08. The molecular weight excluding hydrogens is 321 g/mol. The number of aromatic amines is 1. The van der Waals surface area contributed by atoms with E-state index in [9.17, 15) is 9.18 Å². The van der Waals surface area contributed by atoms with E-state index in [1.807, 2.05) is 26.8 Å². The number of hydrogen-bond acceptors (Lipinski definition) is 3. The van der Waals surface area contributed by atoms with Gasteiger partial charge in [-0.3, -0.25) is 9.89 Å². The summed E-state index contributed by atoms with van der Waals surface area (Å²) in [5.74, 6) is 0.189. The summed E-state index contributed by atoms with van der Waals surface area (Å²) >= 11 is 0. The van der Waals surface area contributed by atoms with E-state index in [1.54, 1.807) is 16.8 Å². The molecule has 2 N–H and O–H groups in total. The minimum Gasteiger partial charge on any atom is -0.305 e. The van der Waals surface area contributed by atoms with Gasteiger partial charge in [0, 0.05) is 11.8 Å². The van der Waals surface area contributed by atoms with E-state index in [1.165, 1.54) is 18.3 Å². The van der Waals surface area contributed by atoms with Gasteiger partial charge in [0.2, 0.25) is 0 Å². The van der Waals surface area contributed by atoms with Crippen LogP contribution in [0.5, 0.6) is 0 Å². The predicted octanol–water partition coefficient (Wildman–Crippen LogP) is 3.67. The van der Waals surface area contributed by atoms with E-state index in [-0.39, 0.29) is 11.7 Å². The van der Waals surface area contributed by atoms with Crippen LogP contribution in [0.15, 0.2) is 36.5 Å². The summed E-state index contributed by atoms with van der Waals surface area (Å²) < 4.78 is 14.8. The summed E-state index contributed by atoms with van der Waals surface area (Å²) in [5.41, 5.74) is 2.89. The van der Waals surface area contributed by atoms with Crippen LogP contribution >= 0.6 is 0 Å². The Balaban J connectivity index is 1.86. The Bertz CT molecular complexity index is 879. The maximum Gasteiger partial charge on any atom is 0.260 e. The van der Waals surface area contributed by atoms with Crippen LogP contribution in [0.3, 0.4) is 0 Å². The highest BCUT2D eigenvalue weighted by atomic mass is 19.1. The van der Waals surface area contributed by atoms with Crippen LogP contribution < -0.4 is 5.32 Å². The van der Waals surface area contributed by atoms with Gasteiger partial charge in [0.15, 0.2) is 5.82 Å². The lowest BCUT2D eigenvalue weighted by Crippen LogP contribution is -2.14. The van der Waals surface area contributed by atoms with Gasteiger partial charge in [-0.25, -0.2) is 9.07 Å². The average Bonchev–Trinajstić information content (AvgIpc) is 3.22. The third-order valence-electron chi connectivity index (χ3n) is 3.98. The van der Waals surface area contributed by atoms with Crippen molar-refractivity contribution in [1.82, 2.24) is 20.0 Å². The van der Waals surface area contributed by atoms with Crippen LogP contribution in [0.4, 0.5) is 10.2 Å². The van der Waals surface area contributed by atoms with Crippen LogP contribution in [-0.4, -0.2) is 25.9 Å². The molecule has 7 heteroatoms. The quantitative estimate of drug-likeness (QED) is 0.743. The van der Waals surface area contributed by atoms with Gasteiger partial charge in [-0.1, -0.05) is 20.8 Å². The van der Waals surface area contributed by atoms with E-state index in [0.29, 0.717) is 29.4 Å². The molecule has 25 heavy (non-hydrogen) atoms. The number of benzene rings is 1. The van der Waals surface area contributed by atoms with Crippen molar-refractivity contribution in [3.63, 3.8) is 0 Å². The van der Waals surface area contributed by atoms with Gasteiger partial charge in [-0.15, -0.1) is 0 Å². The highest BCUT2D eigenvalue weighted by molar-refractivity contribution is 6.04. The molecule has 130 valence electrons. The van der Waals surface area contributed by atoms with Gasteiger partial charge in [-0.05, 0) is 36.6 Å². The number of anilines is 1. The van der Waals surface area contributed by atoms with Crippen molar-refractivity contribution in [3.8, 4) is 5.69 Å². The molecule has 0 atom stereocenters. The van der Waals surface area contributed by atoms with E-state index >= 15 is 0 Å². The Morgan fingerprint density at radius 3 is 2.64 bits per heavy atom. The molecule has 3 aromatic rings. The Morgan fingerprint density at radius 2 is 2.04 bits per heavy atom. The number of amides is 1. The van der Waals surface area contributed by atoms with Crippen molar-refractivity contribution >= 4 is 11.7 Å². The maximum atomic E-state index is 13.1. The number of H-pyrrole nitrogens is 1. The summed E-state index contributed by atoms with van der Waals surface area (Å²) in [5, 5.41) is 14.1. The molecule has 0 aliphatic heterocycles. The zero-order valence-electron chi connectivity index (χ0n) is 14.4. The summed E-state index contributed by atoms with van der Waals surface area (Å²) in [6.45, 7) is 6.03. The Kier molecular flexibility index (Phi) is 4.65. The summed E-state index contributed by atoms with van der Waals surface area (Å²) in [7, 11) is 0. The molecule has 0 bridgehead atoms.